The van der Waals surface area contributed by atoms with E-state index in [-0.39, 0.29) is 5.91 Å². The second kappa shape index (κ2) is 9.69. The number of nitrogens with zero attached hydrogens (tertiary/aromatic N) is 1. The first-order chi connectivity index (χ1) is 12.2. The number of methoxy groups -OCH3 is 1. The lowest BCUT2D eigenvalue weighted by Gasteiger charge is -2.19. The van der Waals surface area contributed by atoms with Gasteiger partial charge in [0, 0.05) is 30.5 Å². The van der Waals surface area contributed by atoms with Gasteiger partial charge in [-0.15, -0.1) is 0 Å². The highest BCUT2D eigenvalue weighted by Gasteiger charge is 2.11. The molecule has 2 rings (SSSR count). The molecule has 134 valence electrons. The Bertz CT molecular complexity index is 684. The van der Waals surface area contributed by atoms with Crippen LogP contribution in [0.3, 0.4) is 0 Å². The predicted molar refractivity (Wildman–Crippen MR) is 104 cm³/mol. The zero-order valence-corrected chi connectivity index (χ0v) is 15.2. The molecule has 0 unspecified atom stereocenters. The van der Waals surface area contributed by atoms with Crippen LogP contribution in [0.4, 0.5) is 11.4 Å². The Hall–Kier alpha value is -2.53. The number of anilines is 2. The van der Waals surface area contributed by atoms with E-state index < -0.39 is 0 Å². The molecule has 25 heavy (non-hydrogen) atoms. The molecule has 2 aromatic carbocycles. The number of carbonyl (C=O) groups is 1. The standard InChI is InChI=1S/C20H27N3O2/c1-4-23(5-2)14-13-21-19-12-7-6-11-18(19)20(24)22-16-9-8-10-17(15-16)25-3/h6-12,15,21H,4-5,13-14H2,1-3H3,(H,22,24). The van der Waals surface area contributed by atoms with E-state index in [1.54, 1.807) is 13.2 Å². The molecule has 0 aromatic heterocycles. The van der Waals surface area contributed by atoms with Crippen molar-refractivity contribution in [2.75, 3.05) is 43.9 Å². The molecule has 0 spiro atoms. The third-order valence-electron chi connectivity index (χ3n) is 4.14. The van der Waals surface area contributed by atoms with E-state index in [4.69, 9.17) is 4.74 Å². The van der Waals surface area contributed by atoms with Crippen LogP contribution in [0, 0.1) is 0 Å². The van der Waals surface area contributed by atoms with Gasteiger partial charge in [0.1, 0.15) is 5.75 Å². The highest BCUT2D eigenvalue weighted by molar-refractivity contribution is 6.08. The number of benzene rings is 2. The van der Waals surface area contributed by atoms with Crippen molar-refractivity contribution in [1.29, 1.82) is 0 Å². The maximum absolute atomic E-state index is 12.6. The lowest BCUT2D eigenvalue weighted by Crippen LogP contribution is -2.29. The van der Waals surface area contributed by atoms with E-state index in [1.165, 1.54) is 0 Å². The van der Waals surface area contributed by atoms with Crippen molar-refractivity contribution in [2.45, 2.75) is 13.8 Å². The third-order valence-corrected chi connectivity index (χ3v) is 4.14. The van der Waals surface area contributed by atoms with Crippen molar-refractivity contribution in [1.82, 2.24) is 4.90 Å². The van der Waals surface area contributed by atoms with E-state index >= 15 is 0 Å². The van der Waals surface area contributed by atoms with Crippen molar-refractivity contribution in [3.63, 3.8) is 0 Å². The molecule has 2 N–H and O–H groups in total. The van der Waals surface area contributed by atoms with Crippen LogP contribution >= 0.6 is 0 Å². The number of para-hydroxylation sites is 1. The van der Waals surface area contributed by atoms with Crippen LogP contribution in [0.2, 0.25) is 0 Å². The monoisotopic (exact) mass is 341 g/mol. The lowest BCUT2D eigenvalue weighted by molar-refractivity contribution is 0.102. The molecule has 0 aliphatic heterocycles. The van der Waals surface area contributed by atoms with Gasteiger partial charge in [0.25, 0.3) is 5.91 Å². The number of rotatable bonds is 9. The first kappa shape index (κ1) is 18.8. The lowest BCUT2D eigenvalue weighted by atomic mass is 10.1. The minimum Gasteiger partial charge on any atom is -0.497 e. The fourth-order valence-electron chi connectivity index (χ4n) is 2.62. The molecule has 0 radical (unpaired) electrons. The largest absolute Gasteiger partial charge is 0.497 e. The van der Waals surface area contributed by atoms with E-state index in [9.17, 15) is 4.79 Å². The molecule has 0 bridgehead atoms. The Morgan fingerprint density at radius 2 is 1.84 bits per heavy atom. The zero-order chi connectivity index (χ0) is 18.1. The summed E-state index contributed by atoms with van der Waals surface area (Å²) >= 11 is 0. The second-order valence-corrected chi connectivity index (χ2v) is 5.69. The minimum atomic E-state index is -0.140. The van der Waals surface area contributed by atoms with Gasteiger partial charge >= 0.3 is 0 Å². The van der Waals surface area contributed by atoms with Gasteiger partial charge in [0.15, 0.2) is 0 Å². The van der Waals surface area contributed by atoms with Crippen molar-refractivity contribution in [3.05, 3.63) is 54.1 Å². The summed E-state index contributed by atoms with van der Waals surface area (Å²) in [5.41, 5.74) is 2.18. The molecular formula is C20H27N3O2. The van der Waals surface area contributed by atoms with Gasteiger partial charge in [-0.1, -0.05) is 32.0 Å². The quantitative estimate of drug-likeness (QED) is 0.730. The van der Waals surface area contributed by atoms with Crippen LogP contribution in [0.15, 0.2) is 48.5 Å². The highest BCUT2D eigenvalue weighted by atomic mass is 16.5. The Balaban J connectivity index is 2.04. The van der Waals surface area contributed by atoms with E-state index in [2.05, 4.69) is 29.4 Å². The predicted octanol–water partition coefficient (Wildman–Crippen LogP) is 3.70. The van der Waals surface area contributed by atoms with Gasteiger partial charge in [0.05, 0.1) is 12.7 Å². The number of ether oxygens (including phenoxy) is 1. The summed E-state index contributed by atoms with van der Waals surface area (Å²) in [5, 5.41) is 6.30. The normalized spacial score (nSPS) is 10.6. The maximum atomic E-state index is 12.6. The first-order valence-electron chi connectivity index (χ1n) is 8.68. The van der Waals surface area contributed by atoms with E-state index in [1.807, 2.05) is 42.5 Å². The summed E-state index contributed by atoms with van der Waals surface area (Å²) in [6, 6.07) is 14.9. The molecular weight excluding hydrogens is 314 g/mol. The van der Waals surface area contributed by atoms with E-state index in [0.717, 1.165) is 31.9 Å². The number of hydrogen-bond acceptors (Lipinski definition) is 4. The smallest absolute Gasteiger partial charge is 0.257 e. The molecule has 0 atom stereocenters. The van der Waals surface area contributed by atoms with Crippen molar-refractivity contribution in [3.8, 4) is 5.75 Å². The Morgan fingerprint density at radius 3 is 2.56 bits per heavy atom. The van der Waals surface area contributed by atoms with Gasteiger partial charge in [-0.05, 0) is 37.4 Å². The molecule has 5 heteroatoms. The molecule has 0 heterocycles. The van der Waals surface area contributed by atoms with Gasteiger partial charge in [0.2, 0.25) is 0 Å². The van der Waals surface area contributed by atoms with Crippen LogP contribution < -0.4 is 15.4 Å². The summed E-state index contributed by atoms with van der Waals surface area (Å²) in [5.74, 6) is 0.572. The molecule has 5 nitrogen and oxygen atoms in total. The molecule has 2 aromatic rings. The Labute approximate surface area is 150 Å². The molecule has 1 amide bonds. The van der Waals surface area contributed by atoms with Crippen molar-refractivity contribution in [2.24, 2.45) is 0 Å². The van der Waals surface area contributed by atoms with Crippen LogP contribution in [-0.2, 0) is 0 Å². The minimum absolute atomic E-state index is 0.140. The average molecular weight is 341 g/mol. The topological polar surface area (TPSA) is 53.6 Å². The number of carbonyl (C=O) groups excluding carboxylic acids is 1. The molecule has 0 aliphatic carbocycles. The van der Waals surface area contributed by atoms with Gasteiger partial charge < -0.3 is 20.3 Å². The fraction of sp³-hybridized carbons (Fsp3) is 0.350. The van der Waals surface area contributed by atoms with E-state index in [0.29, 0.717) is 17.0 Å². The molecule has 0 fully saturated rings. The molecule has 0 aliphatic rings. The van der Waals surface area contributed by atoms with Gasteiger partial charge in [-0.25, -0.2) is 0 Å². The first-order valence-corrected chi connectivity index (χ1v) is 8.68. The molecule has 0 saturated carbocycles. The zero-order valence-electron chi connectivity index (χ0n) is 15.2. The number of amides is 1. The average Bonchev–Trinajstić information content (AvgIpc) is 2.65. The summed E-state index contributed by atoms with van der Waals surface area (Å²) in [6.07, 6.45) is 0. The van der Waals surface area contributed by atoms with Gasteiger partial charge in [-0.2, -0.15) is 0 Å². The summed E-state index contributed by atoms with van der Waals surface area (Å²) in [4.78, 5) is 15.0. The van der Waals surface area contributed by atoms with Gasteiger partial charge in [-0.3, -0.25) is 4.79 Å². The van der Waals surface area contributed by atoms with Crippen LogP contribution in [0.1, 0.15) is 24.2 Å². The maximum Gasteiger partial charge on any atom is 0.257 e. The summed E-state index contributed by atoms with van der Waals surface area (Å²) in [6.45, 7) is 8.09. The third kappa shape index (κ3) is 5.50. The highest BCUT2D eigenvalue weighted by Crippen LogP contribution is 2.20. The number of nitrogens with one attached hydrogen (secondary N) is 2. The summed E-state index contributed by atoms with van der Waals surface area (Å²) in [7, 11) is 1.61. The second-order valence-electron chi connectivity index (χ2n) is 5.69. The fourth-order valence-corrected chi connectivity index (χ4v) is 2.62. The summed E-state index contributed by atoms with van der Waals surface area (Å²) < 4.78 is 5.19. The van der Waals surface area contributed by atoms with Crippen molar-refractivity contribution < 1.29 is 9.53 Å². The van der Waals surface area contributed by atoms with Crippen LogP contribution in [-0.4, -0.2) is 44.1 Å². The Kier molecular flexibility index (Phi) is 7.29. The van der Waals surface area contributed by atoms with Crippen molar-refractivity contribution >= 4 is 17.3 Å². The number of likely N-dealkylation sites (N-methyl/N-ethyl adjacent to an activating group) is 1. The van der Waals surface area contributed by atoms with Crippen LogP contribution in [0.5, 0.6) is 5.75 Å². The molecule has 0 saturated heterocycles. The SMILES string of the molecule is CCN(CC)CCNc1ccccc1C(=O)Nc1cccc(OC)c1. The number of hydrogen-bond donors (Lipinski definition) is 2. The van der Waals surface area contributed by atoms with Crippen LogP contribution in [0.25, 0.3) is 0 Å². The Morgan fingerprint density at radius 1 is 1.08 bits per heavy atom.